The maximum atomic E-state index is 10.8. The number of pyridine rings is 1. The van der Waals surface area contributed by atoms with Gasteiger partial charge in [-0.1, -0.05) is 0 Å². The zero-order valence-electron chi connectivity index (χ0n) is 12.7. The van der Waals surface area contributed by atoms with Crippen molar-refractivity contribution < 1.29 is 14.6 Å². The van der Waals surface area contributed by atoms with Gasteiger partial charge in [0, 0.05) is 36.0 Å². The molecule has 0 atom stereocenters. The molecule has 3 rings (SSSR count). The fraction of sp³-hybridized carbons (Fsp3) is 0.294. The molecule has 1 N–H and O–H groups in total. The second-order valence-corrected chi connectivity index (χ2v) is 5.32. The highest BCUT2D eigenvalue weighted by molar-refractivity contribution is 6.09. The van der Waals surface area contributed by atoms with Crippen LogP contribution in [0.5, 0.6) is 5.75 Å². The van der Waals surface area contributed by atoms with Gasteiger partial charge in [0.2, 0.25) is 0 Å². The maximum Gasteiger partial charge on any atom is 0.303 e. The van der Waals surface area contributed by atoms with Crippen LogP contribution >= 0.6 is 0 Å². The molecule has 0 bridgehead atoms. The number of aryl methyl sites for hydroxylation is 2. The third-order valence-electron chi connectivity index (χ3n) is 3.94. The topological polar surface area (TPSA) is 64.4 Å². The Kier molecular flexibility index (Phi) is 3.71. The van der Waals surface area contributed by atoms with Crippen LogP contribution < -0.4 is 4.74 Å². The predicted molar refractivity (Wildman–Crippen MR) is 85.4 cm³/mol. The summed E-state index contributed by atoms with van der Waals surface area (Å²) in [5, 5.41) is 11.1. The second-order valence-electron chi connectivity index (χ2n) is 5.32. The molecule has 5 nitrogen and oxygen atoms in total. The molecule has 22 heavy (non-hydrogen) atoms. The number of rotatable bonds is 5. The van der Waals surface area contributed by atoms with Gasteiger partial charge in [-0.25, -0.2) is 0 Å². The first-order valence-electron chi connectivity index (χ1n) is 7.25. The molecule has 0 saturated carbocycles. The Balaban J connectivity index is 2.21. The van der Waals surface area contributed by atoms with E-state index < -0.39 is 5.97 Å². The van der Waals surface area contributed by atoms with Crippen molar-refractivity contribution in [3.8, 4) is 5.75 Å². The van der Waals surface area contributed by atoms with Crippen LogP contribution in [0.25, 0.3) is 21.8 Å². The van der Waals surface area contributed by atoms with E-state index in [2.05, 4.69) is 9.55 Å². The van der Waals surface area contributed by atoms with Crippen LogP contribution in [0, 0.1) is 6.92 Å². The number of carboxylic acid groups (broad SMARTS) is 1. The van der Waals surface area contributed by atoms with Crippen LogP contribution in [-0.2, 0) is 11.3 Å². The third kappa shape index (κ3) is 2.39. The van der Waals surface area contributed by atoms with Crippen molar-refractivity contribution in [3.05, 3.63) is 36.2 Å². The summed E-state index contributed by atoms with van der Waals surface area (Å²) in [6, 6.07) is 7.99. The summed E-state index contributed by atoms with van der Waals surface area (Å²) < 4.78 is 7.47. The first-order chi connectivity index (χ1) is 10.6. The van der Waals surface area contributed by atoms with Gasteiger partial charge in [0.15, 0.2) is 0 Å². The highest BCUT2D eigenvalue weighted by Gasteiger charge is 2.14. The Labute approximate surface area is 128 Å². The number of ether oxygens (including phenoxy) is 1. The number of aliphatic carboxylic acids is 1. The summed E-state index contributed by atoms with van der Waals surface area (Å²) in [6.45, 7) is 2.62. The molecule has 0 spiro atoms. The van der Waals surface area contributed by atoms with Gasteiger partial charge in [-0.15, -0.1) is 0 Å². The van der Waals surface area contributed by atoms with Crippen molar-refractivity contribution in [2.45, 2.75) is 26.3 Å². The van der Waals surface area contributed by atoms with E-state index in [0.29, 0.717) is 13.0 Å². The van der Waals surface area contributed by atoms with E-state index >= 15 is 0 Å². The molecular weight excluding hydrogens is 280 g/mol. The molecule has 0 amide bonds. The number of nitrogens with zero attached hydrogens (tertiary/aromatic N) is 2. The molecule has 2 heterocycles. The number of hydrogen-bond acceptors (Lipinski definition) is 3. The lowest BCUT2D eigenvalue weighted by molar-refractivity contribution is -0.137. The van der Waals surface area contributed by atoms with Gasteiger partial charge in [-0.2, -0.15) is 0 Å². The van der Waals surface area contributed by atoms with Crippen LogP contribution in [0.4, 0.5) is 0 Å². The molecule has 0 fully saturated rings. The molecule has 114 valence electrons. The van der Waals surface area contributed by atoms with E-state index in [-0.39, 0.29) is 6.42 Å². The van der Waals surface area contributed by atoms with E-state index in [1.54, 1.807) is 7.11 Å². The van der Waals surface area contributed by atoms with E-state index in [1.165, 1.54) is 0 Å². The number of aromatic nitrogens is 2. The molecule has 0 radical (unpaired) electrons. The monoisotopic (exact) mass is 298 g/mol. The molecule has 0 aliphatic rings. The van der Waals surface area contributed by atoms with Crippen molar-refractivity contribution in [1.82, 2.24) is 9.55 Å². The van der Waals surface area contributed by atoms with Crippen LogP contribution in [0.1, 0.15) is 18.5 Å². The van der Waals surface area contributed by atoms with Crippen molar-refractivity contribution in [2.75, 3.05) is 7.11 Å². The summed E-state index contributed by atoms with van der Waals surface area (Å²) in [4.78, 5) is 15.2. The number of carboxylic acids is 1. The normalized spacial score (nSPS) is 11.2. The number of fused-ring (bicyclic) bond motifs is 3. The van der Waals surface area contributed by atoms with Gasteiger partial charge in [0.25, 0.3) is 0 Å². The zero-order chi connectivity index (χ0) is 15.7. The summed E-state index contributed by atoms with van der Waals surface area (Å²) in [5.41, 5.74) is 3.06. The fourth-order valence-electron chi connectivity index (χ4n) is 2.95. The molecule has 1 aromatic carbocycles. The van der Waals surface area contributed by atoms with Gasteiger partial charge in [0.1, 0.15) is 5.75 Å². The zero-order valence-corrected chi connectivity index (χ0v) is 12.7. The number of hydrogen-bond donors (Lipinski definition) is 1. The minimum Gasteiger partial charge on any atom is -0.497 e. The number of methoxy groups -OCH3 is 1. The molecule has 0 unspecified atom stereocenters. The lowest BCUT2D eigenvalue weighted by Crippen LogP contribution is -2.03. The molecule has 5 heteroatoms. The highest BCUT2D eigenvalue weighted by Crippen LogP contribution is 2.32. The largest absolute Gasteiger partial charge is 0.497 e. The Morgan fingerprint density at radius 2 is 2.14 bits per heavy atom. The van der Waals surface area contributed by atoms with Crippen molar-refractivity contribution in [3.63, 3.8) is 0 Å². The number of benzene rings is 1. The fourth-order valence-corrected chi connectivity index (χ4v) is 2.95. The summed E-state index contributed by atoms with van der Waals surface area (Å²) >= 11 is 0. The predicted octanol–water partition coefficient (Wildman–Crippen LogP) is 3.37. The maximum absolute atomic E-state index is 10.8. The second kappa shape index (κ2) is 5.67. The van der Waals surface area contributed by atoms with E-state index in [1.807, 2.05) is 37.4 Å². The summed E-state index contributed by atoms with van der Waals surface area (Å²) in [5.74, 6) is 0.0218. The van der Waals surface area contributed by atoms with Gasteiger partial charge in [0.05, 0.1) is 23.8 Å². The van der Waals surface area contributed by atoms with Crippen LogP contribution in [0.3, 0.4) is 0 Å². The van der Waals surface area contributed by atoms with Gasteiger partial charge in [-0.05, 0) is 31.5 Å². The molecule has 3 aromatic rings. The molecule has 2 aromatic heterocycles. The average molecular weight is 298 g/mol. The minimum atomic E-state index is -0.770. The first kappa shape index (κ1) is 14.4. The molecule has 0 saturated heterocycles. The van der Waals surface area contributed by atoms with Crippen molar-refractivity contribution in [2.24, 2.45) is 0 Å². The Bertz CT molecular complexity index is 852. The van der Waals surface area contributed by atoms with Gasteiger partial charge < -0.3 is 14.4 Å². The SMILES string of the molecule is COc1ccc2c3ccnc(C)c3n(CCCC(=O)O)c2c1. The quantitative estimate of drug-likeness (QED) is 0.784. The van der Waals surface area contributed by atoms with Crippen LogP contribution in [0.2, 0.25) is 0 Å². The summed E-state index contributed by atoms with van der Waals surface area (Å²) in [6.07, 6.45) is 2.55. The van der Waals surface area contributed by atoms with E-state index in [4.69, 9.17) is 9.84 Å². The standard InChI is InChI=1S/C17H18N2O3/c1-11-17-14(7-8-18-11)13-6-5-12(22-2)10-15(13)19(17)9-3-4-16(20)21/h5-8,10H,3-4,9H2,1-2H3,(H,20,21). The Morgan fingerprint density at radius 3 is 2.86 bits per heavy atom. The lowest BCUT2D eigenvalue weighted by atomic mass is 10.1. The third-order valence-corrected chi connectivity index (χ3v) is 3.94. The van der Waals surface area contributed by atoms with E-state index in [0.717, 1.165) is 33.2 Å². The van der Waals surface area contributed by atoms with Gasteiger partial charge >= 0.3 is 5.97 Å². The summed E-state index contributed by atoms with van der Waals surface area (Å²) in [7, 11) is 1.64. The van der Waals surface area contributed by atoms with Crippen LogP contribution in [-0.4, -0.2) is 27.7 Å². The smallest absolute Gasteiger partial charge is 0.303 e. The average Bonchev–Trinajstić information content (AvgIpc) is 2.82. The Hall–Kier alpha value is -2.56. The van der Waals surface area contributed by atoms with Crippen molar-refractivity contribution >= 4 is 27.8 Å². The highest BCUT2D eigenvalue weighted by atomic mass is 16.5. The molecule has 0 aliphatic heterocycles. The molecular formula is C17H18N2O3. The van der Waals surface area contributed by atoms with Crippen LogP contribution in [0.15, 0.2) is 30.5 Å². The minimum absolute atomic E-state index is 0.157. The van der Waals surface area contributed by atoms with Crippen molar-refractivity contribution in [1.29, 1.82) is 0 Å². The Morgan fingerprint density at radius 1 is 1.32 bits per heavy atom. The first-order valence-corrected chi connectivity index (χ1v) is 7.25. The number of carbonyl (C=O) groups is 1. The lowest BCUT2D eigenvalue weighted by Gasteiger charge is -2.08. The van der Waals surface area contributed by atoms with E-state index in [9.17, 15) is 4.79 Å². The molecule has 0 aliphatic carbocycles. The van der Waals surface area contributed by atoms with Gasteiger partial charge in [-0.3, -0.25) is 9.78 Å².